The maximum absolute atomic E-state index is 13.2. The second-order valence-corrected chi connectivity index (χ2v) is 7.92. The fourth-order valence-corrected chi connectivity index (χ4v) is 4.41. The topological polar surface area (TPSA) is 75.6 Å². The van der Waals surface area contributed by atoms with E-state index in [-0.39, 0.29) is 11.5 Å². The van der Waals surface area contributed by atoms with Crippen molar-refractivity contribution < 1.29 is 19.4 Å². The van der Waals surface area contributed by atoms with Crippen molar-refractivity contribution in [1.82, 2.24) is 0 Å². The molecule has 0 aromatic heterocycles. The Labute approximate surface area is 191 Å². The van der Waals surface area contributed by atoms with E-state index in [1.54, 1.807) is 55.6 Å². The van der Waals surface area contributed by atoms with Crippen molar-refractivity contribution in [3.8, 4) is 28.0 Å². The molecule has 0 fully saturated rings. The van der Waals surface area contributed by atoms with Crippen molar-refractivity contribution in [2.45, 2.75) is 6.42 Å². The Kier molecular flexibility index (Phi) is 5.15. The molecule has 0 spiro atoms. The monoisotopic (exact) mass is 435 g/mol. The number of fused-ring (bicyclic) bond motifs is 3. The Balaban J connectivity index is 1.45. The van der Waals surface area contributed by atoms with Gasteiger partial charge in [0.1, 0.15) is 5.75 Å². The second kappa shape index (κ2) is 8.28. The molecule has 33 heavy (non-hydrogen) atoms. The van der Waals surface area contributed by atoms with Gasteiger partial charge in [-0.3, -0.25) is 4.79 Å². The minimum absolute atomic E-state index is 0.156. The van der Waals surface area contributed by atoms with Crippen LogP contribution in [0, 0.1) is 0 Å². The molecule has 1 amide bonds. The first-order valence-electron chi connectivity index (χ1n) is 10.6. The smallest absolute Gasteiger partial charge is 0.336 e. The van der Waals surface area contributed by atoms with E-state index in [9.17, 15) is 14.7 Å². The zero-order chi connectivity index (χ0) is 22.9. The van der Waals surface area contributed by atoms with Crippen LogP contribution >= 0.6 is 0 Å². The van der Waals surface area contributed by atoms with Gasteiger partial charge in [0.2, 0.25) is 0 Å². The van der Waals surface area contributed by atoms with Crippen LogP contribution in [0.3, 0.4) is 0 Å². The number of methoxy groups -OCH3 is 1. The van der Waals surface area contributed by atoms with Crippen LogP contribution < -0.4 is 10.1 Å². The van der Waals surface area contributed by atoms with Crippen molar-refractivity contribution in [1.29, 1.82) is 0 Å². The summed E-state index contributed by atoms with van der Waals surface area (Å²) in [6.07, 6.45) is 0.772. The second-order valence-electron chi connectivity index (χ2n) is 7.92. The van der Waals surface area contributed by atoms with Crippen LogP contribution in [0.25, 0.3) is 22.3 Å². The highest BCUT2D eigenvalue weighted by atomic mass is 16.5. The van der Waals surface area contributed by atoms with E-state index >= 15 is 0 Å². The molecule has 0 aliphatic heterocycles. The lowest BCUT2D eigenvalue weighted by atomic mass is 9.95. The standard InChI is InChI=1S/C28H21NO4/c1-33-20-11-13-22-18(16-20)14-17-15-19(10-12-21(17)22)29-27(30)25-8-4-2-6-23(25)24-7-3-5-9-26(24)28(31)32/h2-13,15-16H,14H2,1H3,(H,29,30)(H,31,32). The number of aromatic carboxylic acids is 1. The molecule has 0 atom stereocenters. The van der Waals surface area contributed by atoms with Gasteiger partial charge in [-0.1, -0.05) is 48.5 Å². The summed E-state index contributed by atoms with van der Waals surface area (Å²) < 4.78 is 5.34. The maximum atomic E-state index is 13.2. The summed E-state index contributed by atoms with van der Waals surface area (Å²) in [5.74, 6) is -0.494. The molecule has 0 bridgehead atoms. The number of carbonyl (C=O) groups is 2. The molecule has 4 aromatic carbocycles. The molecule has 5 nitrogen and oxygen atoms in total. The zero-order valence-corrected chi connectivity index (χ0v) is 18.0. The molecule has 0 unspecified atom stereocenters. The summed E-state index contributed by atoms with van der Waals surface area (Å²) >= 11 is 0. The molecule has 0 heterocycles. The number of hydrogen-bond acceptors (Lipinski definition) is 3. The lowest BCUT2D eigenvalue weighted by Crippen LogP contribution is -2.14. The fourth-order valence-electron chi connectivity index (χ4n) is 4.41. The molecular weight excluding hydrogens is 414 g/mol. The molecule has 4 aromatic rings. The van der Waals surface area contributed by atoms with Crippen LogP contribution in [-0.2, 0) is 6.42 Å². The molecule has 162 valence electrons. The van der Waals surface area contributed by atoms with E-state index in [1.807, 2.05) is 30.3 Å². The number of carboxylic acids is 1. The van der Waals surface area contributed by atoms with Crippen molar-refractivity contribution >= 4 is 17.6 Å². The quantitative estimate of drug-likeness (QED) is 0.361. The molecule has 5 heteroatoms. The minimum Gasteiger partial charge on any atom is -0.497 e. The third kappa shape index (κ3) is 3.74. The average molecular weight is 435 g/mol. The zero-order valence-electron chi connectivity index (χ0n) is 18.0. The predicted molar refractivity (Wildman–Crippen MR) is 128 cm³/mol. The summed E-state index contributed by atoms with van der Waals surface area (Å²) in [6.45, 7) is 0. The fraction of sp³-hybridized carbons (Fsp3) is 0.0714. The molecule has 5 rings (SSSR count). The lowest BCUT2D eigenvalue weighted by Gasteiger charge is -2.13. The van der Waals surface area contributed by atoms with Gasteiger partial charge in [-0.2, -0.15) is 0 Å². The SMILES string of the molecule is COc1ccc2c(c1)Cc1cc(NC(=O)c3ccccc3-c3ccccc3C(=O)O)ccc1-2. The molecule has 1 aliphatic rings. The van der Waals surface area contributed by atoms with Gasteiger partial charge >= 0.3 is 5.97 Å². The van der Waals surface area contributed by atoms with Gasteiger partial charge in [0.25, 0.3) is 5.91 Å². The van der Waals surface area contributed by atoms with Crippen LogP contribution in [0.15, 0.2) is 84.9 Å². The highest BCUT2D eigenvalue weighted by Gasteiger charge is 2.21. The normalized spacial score (nSPS) is 11.4. The summed E-state index contributed by atoms with van der Waals surface area (Å²) in [4.78, 5) is 24.9. The summed E-state index contributed by atoms with van der Waals surface area (Å²) in [6, 6.07) is 25.7. The van der Waals surface area contributed by atoms with Gasteiger partial charge < -0.3 is 15.2 Å². The van der Waals surface area contributed by atoms with Gasteiger partial charge in [0, 0.05) is 11.3 Å². The summed E-state index contributed by atoms with van der Waals surface area (Å²) in [7, 11) is 1.66. The van der Waals surface area contributed by atoms with Crippen LogP contribution in [0.4, 0.5) is 5.69 Å². The largest absolute Gasteiger partial charge is 0.497 e. The Bertz CT molecular complexity index is 1410. The Hall–Kier alpha value is -4.38. The van der Waals surface area contributed by atoms with E-state index in [0.717, 1.165) is 23.3 Å². The van der Waals surface area contributed by atoms with Gasteiger partial charge in [0.15, 0.2) is 0 Å². The third-order valence-electron chi connectivity index (χ3n) is 5.97. The highest BCUT2D eigenvalue weighted by molar-refractivity contribution is 6.10. The van der Waals surface area contributed by atoms with Crippen molar-refractivity contribution in [2.75, 3.05) is 12.4 Å². The third-order valence-corrected chi connectivity index (χ3v) is 5.97. The van der Waals surface area contributed by atoms with Crippen LogP contribution in [0.2, 0.25) is 0 Å². The van der Waals surface area contributed by atoms with Crippen LogP contribution in [0.5, 0.6) is 5.75 Å². The maximum Gasteiger partial charge on any atom is 0.336 e. The molecule has 0 radical (unpaired) electrons. The summed E-state index contributed by atoms with van der Waals surface area (Å²) in [5.41, 5.74) is 7.02. The molecule has 0 saturated carbocycles. The number of ether oxygens (including phenoxy) is 1. The number of carbonyl (C=O) groups excluding carboxylic acids is 1. The van der Waals surface area contributed by atoms with Gasteiger partial charge in [0.05, 0.1) is 12.7 Å². The van der Waals surface area contributed by atoms with Gasteiger partial charge in [-0.05, 0) is 76.2 Å². The van der Waals surface area contributed by atoms with E-state index in [0.29, 0.717) is 22.4 Å². The number of rotatable bonds is 5. The molecule has 0 saturated heterocycles. The van der Waals surface area contributed by atoms with Crippen molar-refractivity contribution in [2.24, 2.45) is 0 Å². The number of amides is 1. The number of benzene rings is 4. The predicted octanol–water partition coefficient (Wildman–Crippen LogP) is 5.88. The number of anilines is 1. The number of nitrogens with one attached hydrogen (secondary N) is 1. The van der Waals surface area contributed by atoms with Crippen molar-refractivity contribution in [3.63, 3.8) is 0 Å². The van der Waals surface area contributed by atoms with E-state index < -0.39 is 5.97 Å². The summed E-state index contributed by atoms with van der Waals surface area (Å²) in [5, 5.41) is 12.6. The highest BCUT2D eigenvalue weighted by Crippen LogP contribution is 2.39. The molecular formula is C28H21NO4. The Morgan fingerprint density at radius 3 is 2.06 bits per heavy atom. The Morgan fingerprint density at radius 2 is 1.36 bits per heavy atom. The first kappa shape index (κ1) is 20.5. The van der Waals surface area contributed by atoms with E-state index in [4.69, 9.17) is 4.74 Å². The number of carboxylic acid groups (broad SMARTS) is 1. The first-order valence-corrected chi connectivity index (χ1v) is 10.6. The minimum atomic E-state index is -1.03. The average Bonchev–Trinajstić information content (AvgIpc) is 3.20. The first-order chi connectivity index (χ1) is 16.0. The lowest BCUT2D eigenvalue weighted by molar-refractivity contribution is 0.0697. The molecule has 1 aliphatic carbocycles. The van der Waals surface area contributed by atoms with E-state index in [1.165, 1.54) is 11.1 Å². The van der Waals surface area contributed by atoms with Gasteiger partial charge in [-0.15, -0.1) is 0 Å². The van der Waals surface area contributed by atoms with Crippen molar-refractivity contribution in [3.05, 3.63) is 107 Å². The van der Waals surface area contributed by atoms with Gasteiger partial charge in [-0.25, -0.2) is 4.79 Å². The van der Waals surface area contributed by atoms with Crippen LogP contribution in [0.1, 0.15) is 31.8 Å². The molecule has 2 N–H and O–H groups in total. The van der Waals surface area contributed by atoms with E-state index in [2.05, 4.69) is 11.4 Å². The van der Waals surface area contributed by atoms with Crippen LogP contribution in [-0.4, -0.2) is 24.1 Å². The number of hydrogen-bond donors (Lipinski definition) is 2. The Morgan fingerprint density at radius 1 is 0.758 bits per heavy atom.